The number of guanidine groups is 1. The van der Waals surface area contributed by atoms with Crippen molar-refractivity contribution in [3.63, 3.8) is 0 Å². The predicted octanol–water partition coefficient (Wildman–Crippen LogP) is 2.65. The largest absolute Gasteiger partial charge is 0.444 e. The summed E-state index contributed by atoms with van der Waals surface area (Å²) >= 11 is 0. The average molecular weight is 512 g/mol. The van der Waals surface area contributed by atoms with E-state index >= 15 is 0 Å². The minimum atomic E-state index is 0. The van der Waals surface area contributed by atoms with Crippen molar-refractivity contribution in [2.45, 2.75) is 19.4 Å². The second kappa shape index (κ2) is 12.8. The molecule has 1 aromatic heterocycles. The summed E-state index contributed by atoms with van der Waals surface area (Å²) in [5, 5.41) is 6.69. The van der Waals surface area contributed by atoms with Crippen LogP contribution in [0.2, 0.25) is 0 Å². The Morgan fingerprint density at radius 3 is 2.76 bits per heavy atom. The molecule has 1 saturated heterocycles. The van der Waals surface area contributed by atoms with Crippen LogP contribution in [0.25, 0.3) is 11.5 Å². The second-order valence-electron chi connectivity index (χ2n) is 7.21. The summed E-state index contributed by atoms with van der Waals surface area (Å²) < 4.78 is 5.58. The van der Waals surface area contributed by atoms with Crippen LogP contribution in [-0.2, 0) is 6.54 Å². The lowest BCUT2D eigenvalue weighted by Gasteiger charge is -2.20. The third kappa shape index (κ3) is 7.94. The molecule has 0 amide bonds. The van der Waals surface area contributed by atoms with Gasteiger partial charge in [-0.3, -0.25) is 4.99 Å². The molecule has 0 unspecified atom stereocenters. The number of hydrogen-bond acceptors (Lipinski definition) is 5. The van der Waals surface area contributed by atoms with E-state index in [0.29, 0.717) is 12.4 Å². The van der Waals surface area contributed by atoms with Crippen molar-refractivity contribution in [3.05, 3.63) is 42.3 Å². The molecule has 0 aliphatic carbocycles. The van der Waals surface area contributed by atoms with Crippen LogP contribution in [0.1, 0.15) is 18.5 Å². The fraction of sp³-hybridized carbons (Fsp3) is 0.524. The molecule has 3 rings (SSSR count). The number of nitrogens with zero attached hydrogens (tertiary/aromatic N) is 4. The zero-order valence-electron chi connectivity index (χ0n) is 17.4. The number of halogens is 1. The van der Waals surface area contributed by atoms with E-state index in [1.54, 1.807) is 13.3 Å². The SMILES string of the molecule is CN=C(NCCCN1CCCN(C)CC1)NCc1coc(-c2ccccc2)n1.I. The van der Waals surface area contributed by atoms with E-state index in [1.807, 2.05) is 30.3 Å². The average Bonchev–Trinajstić information content (AvgIpc) is 3.11. The number of benzene rings is 1. The zero-order chi connectivity index (χ0) is 19.6. The Kier molecular flexibility index (Phi) is 10.4. The summed E-state index contributed by atoms with van der Waals surface area (Å²) in [6, 6.07) is 9.92. The molecular weight excluding hydrogens is 479 g/mol. The molecule has 0 radical (unpaired) electrons. The Morgan fingerprint density at radius 1 is 1.14 bits per heavy atom. The van der Waals surface area contributed by atoms with Crippen molar-refractivity contribution in [1.29, 1.82) is 0 Å². The van der Waals surface area contributed by atoms with Gasteiger partial charge < -0.3 is 24.9 Å². The van der Waals surface area contributed by atoms with E-state index in [4.69, 9.17) is 4.42 Å². The Labute approximate surface area is 191 Å². The standard InChI is InChI=1S/C21H32N6O.HI/c1-22-21(23-10-6-12-27-13-7-11-26(2)14-15-27)24-16-19-17-28-20(25-19)18-8-4-3-5-9-18;/h3-5,8-9,17H,6-7,10-16H2,1-2H3,(H2,22,23,24);1H. The van der Waals surface area contributed by atoms with Crippen molar-refractivity contribution in [2.75, 3.05) is 53.4 Å². The maximum absolute atomic E-state index is 5.58. The van der Waals surface area contributed by atoms with E-state index in [0.717, 1.165) is 36.7 Å². The van der Waals surface area contributed by atoms with Crippen LogP contribution in [0.3, 0.4) is 0 Å². The molecule has 1 fully saturated rings. The number of nitrogens with one attached hydrogen (secondary N) is 2. The van der Waals surface area contributed by atoms with Crippen LogP contribution < -0.4 is 10.6 Å². The fourth-order valence-corrected chi connectivity index (χ4v) is 3.33. The van der Waals surface area contributed by atoms with Crippen molar-refractivity contribution in [1.82, 2.24) is 25.4 Å². The molecule has 1 aliphatic rings. The molecule has 0 spiro atoms. The maximum atomic E-state index is 5.58. The van der Waals surface area contributed by atoms with Crippen molar-refractivity contribution < 1.29 is 4.42 Å². The van der Waals surface area contributed by atoms with Crippen LogP contribution >= 0.6 is 24.0 Å². The molecule has 160 valence electrons. The molecule has 2 N–H and O–H groups in total. The molecule has 1 aromatic carbocycles. The van der Waals surface area contributed by atoms with Gasteiger partial charge in [-0.25, -0.2) is 4.98 Å². The first-order valence-corrected chi connectivity index (χ1v) is 10.1. The van der Waals surface area contributed by atoms with E-state index in [1.165, 1.54) is 32.6 Å². The summed E-state index contributed by atoms with van der Waals surface area (Å²) in [5.41, 5.74) is 1.84. The minimum absolute atomic E-state index is 0. The quantitative estimate of drug-likeness (QED) is 0.258. The van der Waals surface area contributed by atoms with Gasteiger partial charge in [-0.1, -0.05) is 18.2 Å². The van der Waals surface area contributed by atoms with Gasteiger partial charge in [0.15, 0.2) is 5.96 Å². The third-order valence-electron chi connectivity index (χ3n) is 4.99. The van der Waals surface area contributed by atoms with Crippen LogP contribution in [0.15, 0.2) is 46.0 Å². The van der Waals surface area contributed by atoms with Crippen LogP contribution in [-0.4, -0.2) is 74.1 Å². The van der Waals surface area contributed by atoms with Gasteiger partial charge in [0.25, 0.3) is 0 Å². The number of likely N-dealkylation sites (N-methyl/N-ethyl adjacent to an activating group) is 1. The lowest BCUT2D eigenvalue weighted by molar-refractivity contribution is 0.274. The lowest BCUT2D eigenvalue weighted by atomic mass is 10.2. The molecule has 1 aliphatic heterocycles. The summed E-state index contributed by atoms with van der Waals surface area (Å²) in [7, 11) is 4.00. The summed E-state index contributed by atoms with van der Waals surface area (Å²) in [6.45, 7) is 7.35. The van der Waals surface area contributed by atoms with E-state index < -0.39 is 0 Å². The zero-order valence-corrected chi connectivity index (χ0v) is 19.8. The summed E-state index contributed by atoms with van der Waals surface area (Å²) in [6.07, 6.45) is 4.06. The first-order valence-electron chi connectivity index (χ1n) is 10.1. The molecule has 2 aromatic rings. The highest BCUT2D eigenvalue weighted by molar-refractivity contribution is 14.0. The number of hydrogen-bond donors (Lipinski definition) is 2. The van der Waals surface area contributed by atoms with Crippen LogP contribution in [0, 0.1) is 0 Å². The Hall–Kier alpha value is -1.65. The number of aliphatic imine (C=N–C) groups is 1. The predicted molar refractivity (Wildman–Crippen MR) is 129 cm³/mol. The summed E-state index contributed by atoms with van der Waals surface area (Å²) in [5.74, 6) is 1.43. The van der Waals surface area contributed by atoms with Gasteiger partial charge in [0.2, 0.25) is 5.89 Å². The van der Waals surface area contributed by atoms with Gasteiger partial charge >= 0.3 is 0 Å². The molecule has 2 heterocycles. The van der Waals surface area contributed by atoms with Gasteiger partial charge in [-0.15, -0.1) is 24.0 Å². The first kappa shape index (κ1) is 23.6. The number of rotatable bonds is 7. The molecule has 8 heteroatoms. The van der Waals surface area contributed by atoms with Gasteiger partial charge in [0.1, 0.15) is 6.26 Å². The molecule has 0 saturated carbocycles. The fourth-order valence-electron chi connectivity index (χ4n) is 3.33. The first-order chi connectivity index (χ1) is 13.7. The molecule has 29 heavy (non-hydrogen) atoms. The Balaban J connectivity index is 0.00000300. The van der Waals surface area contributed by atoms with Gasteiger partial charge in [0.05, 0.1) is 12.2 Å². The van der Waals surface area contributed by atoms with Crippen LogP contribution in [0.5, 0.6) is 0 Å². The van der Waals surface area contributed by atoms with E-state index in [9.17, 15) is 0 Å². The Morgan fingerprint density at radius 2 is 1.97 bits per heavy atom. The lowest BCUT2D eigenvalue weighted by Crippen LogP contribution is -2.38. The van der Waals surface area contributed by atoms with Gasteiger partial charge in [-0.05, 0) is 51.7 Å². The van der Waals surface area contributed by atoms with E-state index in [2.05, 4.69) is 37.5 Å². The normalized spacial score (nSPS) is 16.1. The topological polar surface area (TPSA) is 68.9 Å². The van der Waals surface area contributed by atoms with Crippen molar-refractivity contribution in [2.24, 2.45) is 4.99 Å². The number of aromatic nitrogens is 1. The Bertz CT molecular complexity index is 736. The summed E-state index contributed by atoms with van der Waals surface area (Å²) in [4.78, 5) is 13.8. The maximum Gasteiger partial charge on any atom is 0.226 e. The molecule has 0 bridgehead atoms. The van der Waals surface area contributed by atoms with E-state index in [-0.39, 0.29) is 24.0 Å². The van der Waals surface area contributed by atoms with Crippen molar-refractivity contribution in [3.8, 4) is 11.5 Å². The molecular formula is C21H33IN6O. The molecule has 7 nitrogen and oxygen atoms in total. The van der Waals surface area contributed by atoms with Crippen molar-refractivity contribution >= 4 is 29.9 Å². The second-order valence-corrected chi connectivity index (χ2v) is 7.21. The smallest absolute Gasteiger partial charge is 0.226 e. The number of oxazole rings is 1. The van der Waals surface area contributed by atoms with Gasteiger partial charge in [-0.2, -0.15) is 0 Å². The highest BCUT2D eigenvalue weighted by atomic mass is 127. The van der Waals surface area contributed by atoms with Crippen LogP contribution in [0.4, 0.5) is 0 Å². The minimum Gasteiger partial charge on any atom is -0.444 e. The highest BCUT2D eigenvalue weighted by Gasteiger charge is 2.11. The third-order valence-corrected chi connectivity index (χ3v) is 4.99. The monoisotopic (exact) mass is 512 g/mol. The highest BCUT2D eigenvalue weighted by Crippen LogP contribution is 2.17. The molecule has 0 atom stereocenters. The van der Waals surface area contributed by atoms with Gasteiger partial charge in [0, 0.05) is 32.2 Å².